The number of ether oxygens (including phenoxy) is 8. The van der Waals surface area contributed by atoms with E-state index >= 15 is 4.39 Å². The topological polar surface area (TPSA) is 388 Å². The van der Waals surface area contributed by atoms with Crippen molar-refractivity contribution in [1.82, 2.24) is 59.1 Å². The lowest BCUT2D eigenvalue weighted by atomic mass is 9.85. The van der Waals surface area contributed by atoms with Crippen LogP contribution in [-0.2, 0) is 97.6 Å². The van der Waals surface area contributed by atoms with Gasteiger partial charge < -0.3 is 62.6 Å². The molecule has 20 rings (SSSR count). The molecule has 2 N–H and O–H groups in total. The molecule has 0 spiro atoms. The second-order valence-electron chi connectivity index (χ2n) is 34.6. The highest BCUT2D eigenvalue weighted by molar-refractivity contribution is 7.92. The van der Waals surface area contributed by atoms with Gasteiger partial charge in [0, 0.05) is 71.5 Å². The number of hydrogen-bond donors (Lipinski definition) is 2. The number of halogens is 11. The van der Waals surface area contributed by atoms with Gasteiger partial charge in [0.1, 0.15) is 24.6 Å². The Balaban J connectivity index is 0.000000149. The minimum absolute atomic E-state index is 0.00723. The summed E-state index contributed by atoms with van der Waals surface area (Å²) in [5.41, 5.74) is 3.25. The fraction of sp³-hybridized carbons (Fsp3) is 0.299. The van der Waals surface area contributed by atoms with Crippen LogP contribution in [-0.4, -0.2) is 155 Å². The Kier molecular flexibility index (Phi) is 26.1. The number of nitrogens with one attached hydrogen (secondary N) is 2. The fourth-order valence-electron chi connectivity index (χ4n) is 17.1. The summed E-state index contributed by atoms with van der Waals surface area (Å²) in [6, 6.07) is 42.9. The number of pyridine rings is 4. The summed E-state index contributed by atoms with van der Waals surface area (Å²) in [7, 11) is -13.9. The maximum atomic E-state index is 16.9. The molecule has 0 radical (unpaired) electrons. The number of para-hydroxylation sites is 4. The van der Waals surface area contributed by atoms with E-state index in [4.69, 9.17) is 33.7 Å². The Labute approximate surface area is 814 Å². The van der Waals surface area contributed by atoms with Crippen LogP contribution in [0.25, 0.3) is 22.1 Å². The van der Waals surface area contributed by atoms with Crippen molar-refractivity contribution in [3.05, 3.63) is 274 Å². The number of nitrogens with zero attached hydrogens (tertiary/aromatic N) is 11. The predicted octanol–water partition coefficient (Wildman–Crippen LogP) is 17.2. The van der Waals surface area contributed by atoms with E-state index in [-0.39, 0.29) is 222 Å². The summed E-state index contributed by atoms with van der Waals surface area (Å²) in [5, 5.41) is 5.45. The molecule has 7 aromatic carbocycles. The molecule has 144 heavy (non-hydrogen) atoms. The van der Waals surface area contributed by atoms with E-state index in [1.54, 1.807) is 43.3 Å². The molecule has 0 bridgehead atoms. The molecule has 11 heterocycles. The number of sulfone groups is 4. The Morgan fingerprint density at radius 3 is 1.18 bits per heavy atom. The molecule has 2 aliphatic carbocycles. The monoisotopic (exact) mass is 2070 g/mol. The maximum absolute atomic E-state index is 16.9. The van der Waals surface area contributed by atoms with Crippen molar-refractivity contribution in [1.29, 1.82) is 0 Å². The first-order valence-electron chi connectivity index (χ1n) is 44.9. The summed E-state index contributed by atoms with van der Waals surface area (Å²) < 4.78 is 297. The zero-order valence-electron chi connectivity index (χ0n) is 76.6. The van der Waals surface area contributed by atoms with Crippen molar-refractivity contribution in [3.63, 3.8) is 0 Å². The lowest BCUT2D eigenvalue weighted by Crippen LogP contribution is -2.55. The Bertz CT molecular complexity index is 7670. The molecule has 0 saturated heterocycles. The number of aliphatic imine (C=N–C) groups is 1. The highest BCUT2D eigenvalue weighted by atomic mass is 32.2. The number of quaternary nitrogens is 1. The molecular weight excluding hydrogens is 1990 g/mol. The van der Waals surface area contributed by atoms with Crippen LogP contribution in [0.1, 0.15) is 160 Å². The van der Waals surface area contributed by atoms with Crippen LogP contribution >= 0.6 is 0 Å². The first-order valence-corrected chi connectivity index (χ1v) is 51.5. The summed E-state index contributed by atoms with van der Waals surface area (Å²) in [5.74, 6) is -6.53. The molecule has 2 saturated carbocycles. The summed E-state index contributed by atoms with van der Waals surface area (Å²) in [6.07, 6.45) is -7.60. The van der Waals surface area contributed by atoms with Gasteiger partial charge >= 0.3 is 31.1 Å². The minimum atomic E-state index is -4.01. The molecule has 7 aliphatic rings. The van der Waals surface area contributed by atoms with E-state index in [9.17, 15) is 92.0 Å². The summed E-state index contributed by atoms with van der Waals surface area (Å²) >= 11 is 0. The third-order valence-electron chi connectivity index (χ3n) is 24.9. The molecular formula is C97H85F11N13O19S4+. The van der Waals surface area contributed by atoms with E-state index in [1.165, 1.54) is 195 Å². The van der Waals surface area contributed by atoms with Gasteiger partial charge in [0.2, 0.25) is 11.5 Å². The molecule has 2 fully saturated rings. The molecule has 752 valence electrons. The van der Waals surface area contributed by atoms with Crippen molar-refractivity contribution in [2.24, 2.45) is 4.99 Å². The molecule has 3 amide bonds. The fourth-order valence-corrected chi connectivity index (χ4v) is 20.4. The smallest absolute Gasteiger partial charge is 0.395 e. The van der Waals surface area contributed by atoms with E-state index in [0.29, 0.717) is 46.3 Å². The number of alkyl halides is 11. The van der Waals surface area contributed by atoms with Crippen LogP contribution in [0.15, 0.2) is 225 Å². The van der Waals surface area contributed by atoms with E-state index in [2.05, 4.69) is 49.8 Å². The quantitative estimate of drug-likeness (QED) is 0.0312. The van der Waals surface area contributed by atoms with Crippen molar-refractivity contribution >= 4 is 96.3 Å². The Morgan fingerprint density at radius 1 is 0.444 bits per heavy atom. The predicted molar refractivity (Wildman–Crippen MR) is 494 cm³/mol. The Morgan fingerprint density at radius 2 is 0.812 bits per heavy atom. The molecule has 47 heteroatoms. The van der Waals surface area contributed by atoms with Gasteiger partial charge in [0.15, 0.2) is 96.9 Å². The number of amides is 3. The molecule has 5 aliphatic heterocycles. The lowest BCUT2D eigenvalue weighted by molar-refractivity contribution is -0.287. The number of amidine groups is 1. The number of imidazole rings is 2. The summed E-state index contributed by atoms with van der Waals surface area (Å²) in [6.45, 7) is 5.88. The number of carbonyl (C=O) groups is 3. The molecule has 13 aromatic rings. The number of rotatable bonds is 30. The second-order valence-corrected chi connectivity index (χ2v) is 43.7. The first-order chi connectivity index (χ1) is 68.1. The third-order valence-corrected chi connectivity index (χ3v) is 31.8. The van der Waals surface area contributed by atoms with Gasteiger partial charge in [-0.25, -0.2) is 52.5 Å². The van der Waals surface area contributed by atoms with Crippen molar-refractivity contribution in [2.75, 3.05) is 23.0 Å². The largest absolute Gasteiger partial charge is 0.586 e. The van der Waals surface area contributed by atoms with Gasteiger partial charge in [-0.3, -0.25) is 34.3 Å². The van der Waals surface area contributed by atoms with Crippen LogP contribution < -0.4 is 53.0 Å². The van der Waals surface area contributed by atoms with Crippen LogP contribution in [0.4, 0.5) is 59.7 Å². The molecule has 0 unspecified atom stereocenters. The molecule has 32 nitrogen and oxygen atoms in total. The maximum Gasteiger partial charge on any atom is 0.586 e. The number of carbonyl (C=O) groups excluding carboxylic acids is 3. The van der Waals surface area contributed by atoms with E-state index in [0.717, 1.165) is 30.6 Å². The van der Waals surface area contributed by atoms with Crippen LogP contribution in [0.2, 0.25) is 0 Å². The number of hydrogen-bond acceptors (Lipinski definition) is 26. The van der Waals surface area contributed by atoms with E-state index in [1.807, 2.05) is 4.57 Å². The van der Waals surface area contributed by atoms with Gasteiger partial charge in [-0.15, -0.1) is 35.1 Å². The summed E-state index contributed by atoms with van der Waals surface area (Å²) in [4.78, 5) is 72.4. The van der Waals surface area contributed by atoms with Crippen molar-refractivity contribution in [2.45, 2.75) is 181 Å². The van der Waals surface area contributed by atoms with E-state index < -0.39 is 98.2 Å². The zero-order chi connectivity index (χ0) is 102. The van der Waals surface area contributed by atoms with Gasteiger partial charge in [-0.05, 0) is 159 Å². The first kappa shape index (κ1) is 99.7. The van der Waals surface area contributed by atoms with Gasteiger partial charge in [-0.1, -0.05) is 70.5 Å². The highest BCUT2D eigenvalue weighted by Crippen LogP contribution is 2.57. The molecule has 6 aromatic heterocycles. The SMILES string of the molecule is CCS(=O)(=O)c1ccc(CN(Cc2ccc(S(=O)(=O)CC)cn2)C(=O)c2ccc3c(c2)N=C(C2(F)CC2)[N+]3(Cc2cccc3c2OC(F)(F)O3)Cc2cccc3c2OC(F)(F)O3)nc1.CCS(=O)(=O)c1ccc(CNC(=O)c2ccc3c(c2)nc(C(C)(F)F)n3Cc2cccc3c2OC(F)(F)O3)nc1.CCS(=O)(=O)c1ccc(CNC(=O)c2ccc3c(c2)nc(C2CCC2)n3Cc2cccc3c2OC(F)(F)O3)nc1. The Hall–Kier alpha value is -14.5. The number of benzene rings is 7. The van der Waals surface area contributed by atoms with Gasteiger partial charge in [0.25, 0.3) is 17.7 Å². The zero-order valence-corrected chi connectivity index (χ0v) is 79.9. The van der Waals surface area contributed by atoms with Crippen molar-refractivity contribution in [3.8, 4) is 46.0 Å². The number of aromatic nitrogens is 8. The highest BCUT2D eigenvalue weighted by Gasteiger charge is 2.63. The lowest BCUT2D eigenvalue weighted by Gasteiger charge is -2.36. The average Bonchev–Trinajstić information content (AvgIpc) is 1.54. The van der Waals surface area contributed by atoms with Crippen LogP contribution in [0, 0.1) is 0 Å². The standard InChI is InChI=1S/C43H37F5N5O9S2.C28H26F2N4O5S.C26H22F4N4O5S/c1-3-63(55,56)31-14-12-29(49-20-31)22-52(23-30-13-15-32(21-50-30)64(57,58)4-2)39(54)26-11-16-34-33(19-26)51-40(41(44)17-18-41)53(34,24-27-7-5-9-35-37(27)61-42(45,46)59-35)25-28-8-6-10-36-38(28)62-43(47,48)60-36;1-2-40(36,37)21-11-10-20(31-15-21)14-32-27(35)18-9-12-23-22(13-18)33-26(17-5-3-6-17)34(23)16-19-7-4-8-24-25(19)39-28(29,30)38-24;1-3-40(36,37)18-9-8-17(31-13-18)12-32-23(35)15-7-10-20-19(11-15)33-24(25(2,27)28)34(20)14-16-5-4-6-21-22(16)39-26(29,30)38-21/h5-16,19-21H,3-4,17-18,22-25H2,1-2H3;4,7-13,15,17H,2-3,5-6,14,16H2,1H3,(H,32,35);4-11,13H,3,12,14H2,1-2H3,(H,32,35)/q+1;;. The molecule has 0 atom stereocenters. The van der Waals surface area contributed by atoms with Crippen molar-refractivity contribution < 1.29 is 134 Å². The normalized spacial score (nSPS) is 16.5. The van der Waals surface area contributed by atoms with Crippen LogP contribution in [0.3, 0.4) is 0 Å². The minimum Gasteiger partial charge on any atom is -0.395 e. The number of fused-ring (bicyclic) bond motifs is 7. The van der Waals surface area contributed by atoms with Crippen LogP contribution in [0.5, 0.6) is 46.0 Å². The van der Waals surface area contributed by atoms with Gasteiger partial charge in [-0.2, -0.15) is 13.8 Å². The van der Waals surface area contributed by atoms with Gasteiger partial charge in [0.05, 0.1) is 138 Å². The third kappa shape index (κ3) is 20.5. The second kappa shape index (κ2) is 37.7. The average molecular weight is 2070 g/mol.